The highest BCUT2D eigenvalue weighted by molar-refractivity contribution is 5.68. The maximum Gasteiger partial charge on any atom is 0.407 e. The Kier molecular flexibility index (Phi) is 7.59. The zero-order chi connectivity index (χ0) is 14.2. The molecule has 0 bridgehead atoms. The largest absolute Gasteiger partial charge is 0.444 e. The molecule has 0 radical (unpaired) electrons. The lowest BCUT2D eigenvalue weighted by molar-refractivity contribution is -0.108. The monoisotopic (exact) mass is 258 g/mol. The number of hydrogen-bond donors (Lipinski definition) is 2. The summed E-state index contributed by atoms with van der Waals surface area (Å²) in [6, 6.07) is -0.226. The maximum absolute atomic E-state index is 11.6. The first-order valence-electron chi connectivity index (χ1n) is 6.38. The molecule has 0 heterocycles. The van der Waals surface area contributed by atoms with Crippen LogP contribution < -0.4 is 10.6 Å². The summed E-state index contributed by atoms with van der Waals surface area (Å²) >= 11 is 0. The molecule has 0 saturated heterocycles. The molecular weight excluding hydrogens is 232 g/mol. The van der Waals surface area contributed by atoms with E-state index in [0.717, 1.165) is 12.8 Å². The Morgan fingerprint density at radius 3 is 2.33 bits per heavy atom. The molecule has 0 aromatic rings. The topological polar surface area (TPSA) is 67.4 Å². The van der Waals surface area contributed by atoms with Crippen molar-refractivity contribution in [1.29, 1.82) is 0 Å². The van der Waals surface area contributed by atoms with Crippen LogP contribution in [0.1, 0.15) is 41.0 Å². The third-order valence-corrected chi connectivity index (χ3v) is 2.04. The van der Waals surface area contributed by atoms with Crippen LogP contribution in [0.25, 0.3) is 0 Å². The molecule has 5 nitrogen and oxygen atoms in total. The highest BCUT2D eigenvalue weighted by Crippen LogP contribution is 2.06. The Bertz CT molecular complexity index is 259. The van der Waals surface area contributed by atoms with Gasteiger partial charge in [0.1, 0.15) is 11.9 Å². The van der Waals surface area contributed by atoms with E-state index in [-0.39, 0.29) is 12.5 Å². The average Bonchev–Trinajstić information content (AvgIpc) is 2.13. The number of carbonyl (C=O) groups is 2. The second kappa shape index (κ2) is 8.08. The lowest BCUT2D eigenvalue weighted by atomic mass is 10.2. The molecule has 0 aliphatic heterocycles. The van der Waals surface area contributed by atoms with Gasteiger partial charge in [-0.25, -0.2) is 4.79 Å². The zero-order valence-corrected chi connectivity index (χ0v) is 12.1. The molecule has 2 N–H and O–H groups in total. The van der Waals surface area contributed by atoms with Crippen LogP contribution in [0.4, 0.5) is 4.79 Å². The van der Waals surface area contributed by atoms with Crippen molar-refractivity contribution in [1.82, 2.24) is 10.6 Å². The van der Waals surface area contributed by atoms with Crippen LogP contribution in [-0.2, 0) is 9.53 Å². The average molecular weight is 258 g/mol. The van der Waals surface area contributed by atoms with E-state index in [4.69, 9.17) is 4.74 Å². The number of nitrogens with one attached hydrogen (secondary N) is 2. The molecule has 0 saturated carbocycles. The van der Waals surface area contributed by atoms with Crippen LogP contribution in [0.15, 0.2) is 0 Å². The Labute approximate surface area is 110 Å². The van der Waals surface area contributed by atoms with E-state index in [0.29, 0.717) is 12.5 Å². The first-order chi connectivity index (χ1) is 8.24. The molecule has 106 valence electrons. The number of carbonyl (C=O) groups excluding carboxylic acids is 2. The van der Waals surface area contributed by atoms with Crippen LogP contribution in [0.3, 0.4) is 0 Å². The van der Waals surface area contributed by atoms with Gasteiger partial charge in [-0.3, -0.25) is 0 Å². The van der Waals surface area contributed by atoms with Crippen LogP contribution >= 0.6 is 0 Å². The normalized spacial score (nSPS) is 13.2. The van der Waals surface area contributed by atoms with Gasteiger partial charge in [-0.15, -0.1) is 0 Å². The molecule has 0 spiro atoms. The zero-order valence-electron chi connectivity index (χ0n) is 12.1. The molecule has 0 unspecified atom stereocenters. The highest BCUT2D eigenvalue weighted by atomic mass is 16.6. The van der Waals surface area contributed by atoms with E-state index < -0.39 is 11.7 Å². The van der Waals surface area contributed by atoms with E-state index in [1.165, 1.54) is 0 Å². The van der Waals surface area contributed by atoms with Gasteiger partial charge < -0.3 is 20.2 Å². The van der Waals surface area contributed by atoms with E-state index in [1.807, 2.05) is 0 Å². The standard InChI is InChI=1S/C13H26N2O3/c1-10(2)8-14-9-11(6-7-16)15-12(17)18-13(3,4)5/h7,10-11,14H,6,8-9H2,1-5H3,(H,15,17)/t11-/m0/s1. The van der Waals surface area contributed by atoms with Gasteiger partial charge in [0, 0.05) is 13.0 Å². The van der Waals surface area contributed by atoms with Crippen molar-refractivity contribution in [2.24, 2.45) is 5.92 Å². The fourth-order valence-electron chi connectivity index (χ4n) is 1.33. The minimum absolute atomic E-state index is 0.226. The molecule has 0 aromatic carbocycles. The summed E-state index contributed by atoms with van der Waals surface area (Å²) in [6.45, 7) is 11.0. The Morgan fingerprint density at radius 2 is 1.89 bits per heavy atom. The van der Waals surface area contributed by atoms with Crippen molar-refractivity contribution in [2.75, 3.05) is 13.1 Å². The third-order valence-electron chi connectivity index (χ3n) is 2.04. The van der Waals surface area contributed by atoms with Crippen LogP contribution in [0, 0.1) is 5.92 Å². The summed E-state index contributed by atoms with van der Waals surface area (Å²) in [4.78, 5) is 22.1. The SMILES string of the molecule is CC(C)CNC[C@H](CC=O)NC(=O)OC(C)(C)C. The smallest absolute Gasteiger partial charge is 0.407 e. The number of hydrogen-bond acceptors (Lipinski definition) is 4. The van der Waals surface area contributed by atoms with Crippen LogP contribution in [0.5, 0.6) is 0 Å². The van der Waals surface area contributed by atoms with Gasteiger partial charge in [-0.1, -0.05) is 13.8 Å². The van der Waals surface area contributed by atoms with Gasteiger partial charge in [0.15, 0.2) is 0 Å². The van der Waals surface area contributed by atoms with E-state index >= 15 is 0 Å². The van der Waals surface area contributed by atoms with Crippen LogP contribution in [0.2, 0.25) is 0 Å². The first kappa shape index (κ1) is 16.9. The number of amides is 1. The number of alkyl carbamates (subject to hydrolysis) is 1. The molecule has 1 atom stereocenters. The summed E-state index contributed by atoms with van der Waals surface area (Å²) in [6.07, 6.45) is 0.601. The maximum atomic E-state index is 11.6. The van der Waals surface area contributed by atoms with Crippen molar-refractivity contribution in [3.63, 3.8) is 0 Å². The number of rotatable bonds is 7. The highest BCUT2D eigenvalue weighted by Gasteiger charge is 2.19. The molecule has 5 heteroatoms. The minimum atomic E-state index is -0.527. The quantitative estimate of drug-likeness (QED) is 0.682. The first-order valence-corrected chi connectivity index (χ1v) is 6.38. The third kappa shape index (κ3) is 10.1. The van der Waals surface area contributed by atoms with Crippen molar-refractivity contribution in [2.45, 2.75) is 52.7 Å². The van der Waals surface area contributed by atoms with Gasteiger partial charge >= 0.3 is 6.09 Å². The molecule has 0 aliphatic rings. The molecule has 0 rings (SSSR count). The van der Waals surface area contributed by atoms with Crippen LogP contribution in [-0.4, -0.2) is 37.1 Å². The number of aldehydes is 1. The lowest BCUT2D eigenvalue weighted by Gasteiger charge is -2.23. The van der Waals surface area contributed by atoms with Gasteiger partial charge in [0.05, 0.1) is 6.04 Å². The molecule has 18 heavy (non-hydrogen) atoms. The van der Waals surface area contributed by atoms with Gasteiger partial charge in [-0.2, -0.15) is 0 Å². The fourth-order valence-corrected chi connectivity index (χ4v) is 1.33. The molecular formula is C13H26N2O3. The summed E-state index contributed by atoms with van der Waals surface area (Å²) in [5.41, 5.74) is -0.527. The van der Waals surface area contributed by atoms with E-state index in [2.05, 4.69) is 24.5 Å². The minimum Gasteiger partial charge on any atom is -0.444 e. The second-order valence-electron chi connectivity index (χ2n) is 5.80. The lowest BCUT2D eigenvalue weighted by Crippen LogP contribution is -2.45. The molecule has 0 aromatic heterocycles. The Balaban J connectivity index is 4.09. The van der Waals surface area contributed by atoms with Gasteiger partial charge in [0.2, 0.25) is 0 Å². The molecule has 0 aliphatic carbocycles. The van der Waals surface area contributed by atoms with E-state index in [9.17, 15) is 9.59 Å². The predicted molar refractivity (Wildman–Crippen MR) is 71.5 cm³/mol. The van der Waals surface area contributed by atoms with Gasteiger partial charge in [0.25, 0.3) is 0 Å². The van der Waals surface area contributed by atoms with Crippen molar-refractivity contribution in [3.8, 4) is 0 Å². The summed E-state index contributed by atoms with van der Waals surface area (Å²) in [5.74, 6) is 0.531. The second-order valence-corrected chi connectivity index (χ2v) is 5.80. The van der Waals surface area contributed by atoms with E-state index in [1.54, 1.807) is 20.8 Å². The Hall–Kier alpha value is -1.10. The predicted octanol–water partition coefficient (Wildman–Crippen LogP) is 1.71. The van der Waals surface area contributed by atoms with Crippen molar-refractivity contribution >= 4 is 12.4 Å². The molecule has 1 amide bonds. The molecule has 0 fully saturated rings. The van der Waals surface area contributed by atoms with Gasteiger partial charge in [-0.05, 0) is 33.2 Å². The summed E-state index contributed by atoms with van der Waals surface area (Å²) in [5, 5.41) is 5.90. The summed E-state index contributed by atoms with van der Waals surface area (Å²) < 4.78 is 5.15. The number of ether oxygens (including phenoxy) is 1. The Morgan fingerprint density at radius 1 is 1.28 bits per heavy atom. The van der Waals surface area contributed by atoms with Crippen molar-refractivity contribution < 1.29 is 14.3 Å². The fraction of sp³-hybridized carbons (Fsp3) is 0.846. The summed E-state index contributed by atoms with van der Waals surface area (Å²) in [7, 11) is 0. The van der Waals surface area contributed by atoms with Crippen molar-refractivity contribution in [3.05, 3.63) is 0 Å².